The number of hydrogen-bond acceptors (Lipinski definition) is 2. The number of nitrogens with zero attached hydrogens (tertiary/aromatic N) is 4. The van der Waals surface area contributed by atoms with Crippen LogP contribution in [0, 0.1) is 0 Å². The van der Waals surface area contributed by atoms with E-state index >= 15 is 0 Å². The van der Waals surface area contributed by atoms with Crippen molar-refractivity contribution in [1.82, 2.24) is 4.57 Å². The Morgan fingerprint density at radius 3 is 2.68 bits per heavy atom. The summed E-state index contributed by atoms with van der Waals surface area (Å²) in [5.74, 6) is -0.549. The van der Waals surface area contributed by atoms with Crippen LogP contribution in [0.4, 0.5) is 0 Å². The first-order chi connectivity index (χ1) is 9.31. The second-order valence-corrected chi connectivity index (χ2v) is 4.91. The van der Waals surface area contributed by atoms with Crippen molar-refractivity contribution in [2.75, 3.05) is 0 Å². The van der Waals surface area contributed by atoms with Crippen LogP contribution in [0.3, 0.4) is 0 Å². The summed E-state index contributed by atoms with van der Waals surface area (Å²) in [7, 11) is 0. The van der Waals surface area contributed by atoms with Crippen LogP contribution in [0.25, 0.3) is 26.2 Å². The highest BCUT2D eigenvalue weighted by molar-refractivity contribution is 7.21. The zero-order valence-corrected chi connectivity index (χ0v) is 10.5. The minimum atomic E-state index is -0.549. The van der Waals surface area contributed by atoms with Crippen LogP contribution in [0.2, 0.25) is 0 Å². The number of azide groups is 1. The number of carbonyl (C=O) groups excluding carboxylic acids is 1. The molecule has 2 heterocycles. The largest absolute Gasteiger partial charge is 0.322 e. The van der Waals surface area contributed by atoms with Gasteiger partial charge in [0.1, 0.15) is 4.88 Å². The predicted molar refractivity (Wildman–Crippen MR) is 74.6 cm³/mol. The van der Waals surface area contributed by atoms with Gasteiger partial charge >= 0.3 is 0 Å². The fourth-order valence-corrected chi connectivity index (χ4v) is 3.08. The molecule has 19 heavy (non-hydrogen) atoms. The SMILES string of the molecule is [N-]=[N+]=NC(=O)c1sc2ccccc2c1-n1cccc1. The Balaban J connectivity index is 2.35. The van der Waals surface area contributed by atoms with Gasteiger partial charge in [0.2, 0.25) is 0 Å². The van der Waals surface area contributed by atoms with Gasteiger partial charge in [0.05, 0.1) is 5.69 Å². The van der Waals surface area contributed by atoms with E-state index in [2.05, 4.69) is 10.0 Å². The van der Waals surface area contributed by atoms with Gasteiger partial charge in [-0.05, 0) is 28.8 Å². The number of fused-ring (bicyclic) bond motifs is 1. The fraction of sp³-hybridized carbons (Fsp3) is 0. The summed E-state index contributed by atoms with van der Waals surface area (Å²) in [4.78, 5) is 14.9. The average molecular weight is 268 g/mol. The van der Waals surface area contributed by atoms with Crippen molar-refractivity contribution in [2.45, 2.75) is 0 Å². The molecule has 0 radical (unpaired) electrons. The van der Waals surface area contributed by atoms with E-state index in [-0.39, 0.29) is 0 Å². The van der Waals surface area contributed by atoms with Crippen LogP contribution in [0.1, 0.15) is 9.67 Å². The molecule has 0 bridgehead atoms. The summed E-state index contributed by atoms with van der Waals surface area (Å²) in [5, 5.41) is 4.17. The molecular weight excluding hydrogens is 260 g/mol. The third-order valence-corrected chi connectivity index (χ3v) is 3.91. The molecule has 0 unspecified atom stereocenters. The van der Waals surface area contributed by atoms with Crippen molar-refractivity contribution in [3.63, 3.8) is 0 Å². The monoisotopic (exact) mass is 268 g/mol. The van der Waals surface area contributed by atoms with E-state index in [1.807, 2.05) is 53.4 Å². The van der Waals surface area contributed by atoms with Crippen LogP contribution in [0.15, 0.2) is 53.9 Å². The van der Waals surface area contributed by atoms with Gasteiger partial charge < -0.3 is 4.57 Å². The summed E-state index contributed by atoms with van der Waals surface area (Å²) in [6.45, 7) is 0. The van der Waals surface area contributed by atoms with Gasteiger partial charge in [-0.25, -0.2) is 0 Å². The van der Waals surface area contributed by atoms with Crippen molar-refractivity contribution < 1.29 is 4.79 Å². The predicted octanol–water partition coefficient (Wildman–Crippen LogP) is 4.14. The molecule has 0 saturated carbocycles. The molecule has 3 aromatic rings. The Hall–Kier alpha value is -2.56. The minimum Gasteiger partial charge on any atom is -0.322 e. The van der Waals surface area contributed by atoms with Crippen molar-refractivity contribution in [1.29, 1.82) is 0 Å². The maximum Gasteiger partial charge on any atom is 0.261 e. The molecule has 6 heteroatoms. The summed E-state index contributed by atoms with van der Waals surface area (Å²) < 4.78 is 2.85. The molecule has 0 N–H and O–H groups in total. The molecule has 0 atom stereocenters. The second-order valence-electron chi connectivity index (χ2n) is 3.86. The van der Waals surface area contributed by atoms with Gasteiger partial charge in [0, 0.05) is 27.4 Å². The molecule has 0 fully saturated rings. The van der Waals surface area contributed by atoms with Gasteiger partial charge in [-0.1, -0.05) is 18.2 Å². The molecule has 0 aliphatic heterocycles. The van der Waals surface area contributed by atoms with E-state index in [9.17, 15) is 4.79 Å². The molecule has 0 aliphatic rings. The third-order valence-electron chi connectivity index (χ3n) is 2.76. The molecule has 0 aliphatic carbocycles. The van der Waals surface area contributed by atoms with E-state index in [4.69, 9.17) is 5.53 Å². The lowest BCUT2D eigenvalue weighted by Gasteiger charge is -2.03. The highest BCUT2D eigenvalue weighted by atomic mass is 32.1. The number of aromatic nitrogens is 1. The van der Waals surface area contributed by atoms with Crippen LogP contribution in [-0.4, -0.2) is 10.5 Å². The molecule has 2 aromatic heterocycles. The Morgan fingerprint density at radius 1 is 1.21 bits per heavy atom. The van der Waals surface area contributed by atoms with Crippen molar-refractivity contribution >= 4 is 27.3 Å². The average Bonchev–Trinajstić information content (AvgIpc) is 3.05. The van der Waals surface area contributed by atoms with Gasteiger partial charge in [-0.15, -0.1) is 11.3 Å². The van der Waals surface area contributed by atoms with E-state index < -0.39 is 5.91 Å². The molecule has 0 saturated heterocycles. The van der Waals surface area contributed by atoms with Crippen LogP contribution in [-0.2, 0) is 0 Å². The number of benzene rings is 1. The minimum absolute atomic E-state index is 0.454. The van der Waals surface area contributed by atoms with E-state index in [1.165, 1.54) is 11.3 Å². The smallest absolute Gasteiger partial charge is 0.261 e. The lowest BCUT2D eigenvalue weighted by molar-refractivity contribution is 0.100. The Labute approximate surface area is 112 Å². The first-order valence-corrected chi connectivity index (χ1v) is 6.37. The molecule has 0 spiro atoms. The first-order valence-electron chi connectivity index (χ1n) is 5.55. The van der Waals surface area contributed by atoms with Crippen molar-refractivity contribution in [3.05, 3.63) is 64.1 Å². The van der Waals surface area contributed by atoms with Crippen LogP contribution < -0.4 is 0 Å². The Kier molecular flexibility index (Phi) is 2.79. The summed E-state index contributed by atoms with van der Waals surface area (Å²) in [5.41, 5.74) is 9.20. The first kappa shape index (κ1) is 11.5. The highest BCUT2D eigenvalue weighted by Crippen LogP contribution is 2.34. The normalized spacial score (nSPS) is 10.3. The quantitative estimate of drug-likeness (QED) is 0.391. The van der Waals surface area contributed by atoms with Crippen molar-refractivity contribution in [3.8, 4) is 5.69 Å². The zero-order chi connectivity index (χ0) is 13.2. The summed E-state index contributed by atoms with van der Waals surface area (Å²) in [6, 6.07) is 11.5. The molecular formula is C13H8N4OS. The third kappa shape index (κ3) is 1.89. The number of rotatable bonds is 2. The van der Waals surface area contributed by atoms with Gasteiger partial charge in [0.15, 0.2) is 0 Å². The summed E-state index contributed by atoms with van der Waals surface area (Å²) >= 11 is 1.33. The Bertz CT molecular complexity index is 797. The zero-order valence-electron chi connectivity index (χ0n) is 9.72. The number of amides is 1. The van der Waals surface area contributed by atoms with Gasteiger partial charge in [-0.3, -0.25) is 4.79 Å². The maximum atomic E-state index is 11.9. The Morgan fingerprint density at radius 2 is 1.95 bits per heavy atom. The summed E-state index contributed by atoms with van der Waals surface area (Å²) in [6.07, 6.45) is 3.72. The van der Waals surface area contributed by atoms with Crippen molar-refractivity contribution in [2.24, 2.45) is 5.11 Å². The fourth-order valence-electron chi connectivity index (χ4n) is 2.00. The molecule has 92 valence electrons. The lowest BCUT2D eigenvalue weighted by atomic mass is 10.2. The van der Waals surface area contributed by atoms with Gasteiger partial charge in [-0.2, -0.15) is 0 Å². The van der Waals surface area contributed by atoms with E-state index in [0.717, 1.165) is 15.8 Å². The van der Waals surface area contributed by atoms with E-state index in [1.54, 1.807) is 0 Å². The highest BCUT2D eigenvalue weighted by Gasteiger charge is 2.18. The number of hydrogen-bond donors (Lipinski definition) is 0. The standard InChI is InChI=1S/C13H8N4OS/c14-16-15-13(18)12-11(17-7-3-4-8-17)9-5-1-2-6-10(9)19-12/h1-8H. The molecule has 1 aromatic carbocycles. The number of carbonyl (C=O) groups is 1. The van der Waals surface area contributed by atoms with E-state index in [0.29, 0.717) is 4.88 Å². The van der Waals surface area contributed by atoms with Crippen LogP contribution >= 0.6 is 11.3 Å². The molecule has 3 rings (SSSR count). The maximum absolute atomic E-state index is 11.9. The molecule has 1 amide bonds. The number of thiophene rings is 1. The second kappa shape index (κ2) is 4.61. The molecule has 5 nitrogen and oxygen atoms in total. The van der Waals surface area contributed by atoms with Crippen LogP contribution in [0.5, 0.6) is 0 Å². The van der Waals surface area contributed by atoms with Gasteiger partial charge in [0.25, 0.3) is 5.91 Å². The topological polar surface area (TPSA) is 70.8 Å². The lowest BCUT2D eigenvalue weighted by Crippen LogP contribution is -1.98.